The largest absolute Gasteiger partial charge is 0.492 e. The molecule has 6 nitrogen and oxygen atoms in total. The van der Waals surface area contributed by atoms with E-state index in [1.165, 1.54) is 11.3 Å². The van der Waals surface area contributed by atoms with Gasteiger partial charge in [-0.3, -0.25) is 10.1 Å². The number of aryl methyl sites for hydroxylation is 1. The van der Waals surface area contributed by atoms with Gasteiger partial charge in [-0.25, -0.2) is 4.79 Å². The van der Waals surface area contributed by atoms with Crippen LogP contribution in [0.4, 0.5) is 5.00 Å². The Bertz CT molecular complexity index is 1000. The molecular formula is C22H25BrN2O4S2. The van der Waals surface area contributed by atoms with E-state index < -0.39 is 0 Å². The van der Waals surface area contributed by atoms with Gasteiger partial charge in [0.05, 0.1) is 24.3 Å². The number of halogens is 1. The molecule has 0 radical (unpaired) electrons. The van der Waals surface area contributed by atoms with E-state index in [0.717, 1.165) is 34.2 Å². The summed E-state index contributed by atoms with van der Waals surface area (Å²) in [6.45, 7) is 6.65. The lowest BCUT2D eigenvalue weighted by atomic mass is 10.1. The highest BCUT2D eigenvalue weighted by Crippen LogP contribution is 2.39. The van der Waals surface area contributed by atoms with E-state index in [2.05, 4.69) is 26.6 Å². The topological polar surface area (TPSA) is 76.7 Å². The second-order valence-corrected chi connectivity index (χ2v) is 9.96. The van der Waals surface area contributed by atoms with Crippen LogP contribution >= 0.6 is 39.5 Å². The average Bonchev–Trinajstić information content (AvgIpc) is 3.27. The maximum absolute atomic E-state index is 12.9. The number of ether oxygens (including phenoxy) is 2. The van der Waals surface area contributed by atoms with E-state index in [4.69, 9.17) is 21.7 Å². The minimum atomic E-state index is -0.390. The van der Waals surface area contributed by atoms with Crippen molar-refractivity contribution in [1.29, 1.82) is 0 Å². The third-order valence-corrected chi connectivity index (χ3v) is 6.52. The number of fused-ring (bicyclic) bond motifs is 1. The van der Waals surface area contributed by atoms with Gasteiger partial charge in [0, 0.05) is 9.35 Å². The van der Waals surface area contributed by atoms with E-state index in [1.807, 2.05) is 19.9 Å². The lowest BCUT2D eigenvalue weighted by Gasteiger charge is -2.15. The third kappa shape index (κ3) is 5.84. The molecule has 166 valence electrons. The number of anilines is 1. The molecule has 0 saturated heterocycles. The minimum Gasteiger partial charge on any atom is -0.492 e. The van der Waals surface area contributed by atoms with E-state index >= 15 is 0 Å². The molecule has 0 saturated carbocycles. The molecule has 3 rings (SSSR count). The highest BCUT2D eigenvalue weighted by Gasteiger charge is 2.28. The zero-order valence-corrected chi connectivity index (χ0v) is 20.9. The second-order valence-electron chi connectivity index (χ2n) is 7.54. The van der Waals surface area contributed by atoms with E-state index in [-0.39, 0.29) is 17.0 Å². The van der Waals surface area contributed by atoms with Crippen molar-refractivity contribution in [2.24, 2.45) is 5.92 Å². The van der Waals surface area contributed by atoms with Crippen LogP contribution in [0.5, 0.6) is 5.75 Å². The SMILES string of the molecule is CCOC(=O)c1c(NC(=S)NC(=O)c2cc(Br)ccc2OCC(C)C)sc2c1CCC2. The first-order chi connectivity index (χ1) is 14.8. The predicted molar refractivity (Wildman–Crippen MR) is 130 cm³/mol. The Kier molecular flexibility index (Phi) is 8.07. The molecule has 1 aromatic carbocycles. The first kappa shape index (κ1) is 23.7. The van der Waals surface area contributed by atoms with Gasteiger partial charge in [0.15, 0.2) is 5.11 Å². The maximum atomic E-state index is 12.9. The summed E-state index contributed by atoms with van der Waals surface area (Å²) in [6, 6.07) is 5.26. The fraction of sp³-hybridized carbons (Fsp3) is 0.409. The number of thiocarbonyl (C=S) groups is 1. The molecule has 0 atom stereocenters. The van der Waals surface area contributed by atoms with Crippen molar-refractivity contribution < 1.29 is 19.1 Å². The quantitative estimate of drug-likeness (QED) is 0.376. The number of thiophene rings is 1. The van der Waals surface area contributed by atoms with Gasteiger partial charge in [0.25, 0.3) is 5.91 Å². The number of esters is 1. The van der Waals surface area contributed by atoms with Crippen LogP contribution in [0.3, 0.4) is 0 Å². The number of amides is 1. The number of carbonyl (C=O) groups is 2. The summed E-state index contributed by atoms with van der Waals surface area (Å²) in [5.74, 6) is 0.0538. The zero-order chi connectivity index (χ0) is 22.5. The van der Waals surface area contributed by atoms with Crippen molar-refractivity contribution >= 4 is 61.5 Å². The van der Waals surface area contributed by atoms with Gasteiger partial charge in [-0.05, 0) is 68.1 Å². The lowest BCUT2D eigenvalue weighted by Crippen LogP contribution is -2.34. The molecule has 1 aliphatic rings. The summed E-state index contributed by atoms with van der Waals surface area (Å²) in [6.07, 6.45) is 2.80. The van der Waals surface area contributed by atoms with Crippen LogP contribution in [0, 0.1) is 5.92 Å². The Morgan fingerprint density at radius 2 is 2.06 bits per heavy atom. The Hall–Kier alpha value is -1.97. The van der Waals surface area contributed by atoms with Crippen molar-refractivity contribution in [3.63, 3.8) is 0 Å². The molecule has 0 bridgehead atoms. The fourth-order valence-corrected chi connectivity index (χ4v) is 5.18. The average molecular weight is 525 g/mol. The van der Waals surface area contributed by atoms with Gasteiger partial charge in [-0.1, -0.05) is 29.8 Å². The number of hydrogen-bond donors (Lipinski definition) is 2. The van der Waals surface area contributed by atoms with Gasteiger partial charge in [0.2, 0.25) is 0 Å². The van der Waals surface area contributed by atoms with E-state index in [0.29, 0.717) is 41.0 Å². The van der Waals surface area contributed by atoms with Crippen molar-refractivity contribution in [1.82, 2.24) is 5.32 Å². The molecule has 9 heteroatoms. The normalized spacial score (nSPS) is 12.4. The number of carbonyl (C=O) groups excluding carboxylic acids is 2. The van der Waals surface area contributed by atoms with Crippen molar-refractivity contribution in [3.8, 4) is 5.75 Å². The number of hydrogen-bond acceptors (Lipinski definition) is 6. The molecule has 0 unspecified atom stereocenters. The molecule has 0 aliphatic heterocycles. The van der Waals surface area contributed by atoms with Crippen LogP contribution in [0.1, 0.15) is 58.3 Å². The van der Waals surface area contributed by atoms with Crippen molar-refractivity contribution in [3.05, 3.63) is 44.2 Å². The van der Waals surface area contributed by atoms with Crippen LogP contribution in [-0.2, 0) is 17.6 Å². The Labute approximate surface area is 199 Å². The van der Waals surface area contributed by atoms with E-state index in [1.54, 1.807) is 19.1 Å². The Morgan fingerprint density at radius 3 is 2.77 bits per heavy atom. The van der Waals surface area contributed by atoms with Crippen LogP contribution < -0.4 is 15.4 Å². The lowest BCUT2D eigenvalue weighted by molar-refractivity contribution is 0.0527. The molecule has 2 aromatic rings. The Morgan fingerprint density at radius 1 is 1.29 bits per heavy atom. The fourth-order valence-electron chi connectivity index (χ4n) is 3.28. The Balaban J connectivity index is 1.76. The van der Waals surface area contributed by atoms with E-state index in [9.17, 15) is 9.59 Å². The number of nitrogens with one attached hydrogen (secondary N) is 2. The van der Waals surface area contributed by atoms with Crippen LogP contribution in [0.25, 0.3) is 0 Å². The van der Waals surface area contributed by atoms with Crippen LogP contribution in [-0.4, -0.2) is 30.2 Å². The highest BCUT2D eigenvalue weighted by atomic mass is 79.9. The maximum Gasteiger partial charge on any atom is 0.341 e. The first-order valence-electron chi connectivity index (χ1n) is 10.2. The van der Waals surface area contributed by atoms with Crippen LogP contribution in [0.2, 0.25) is 0 Å². The summed E-state index contributed by atoms with van der Waals surface area (Å²) in [4.78, 5) is 26.6. The van der Waals surface area contributed by atoms with Gasteiger partial charge in [-0.15, -0.1) is 11.3 Å². The number of rotatable bonds is 7. The summed E-state index contributed by atoms with van der Waals surface area (Å²) >= 11 is 10.3. The molecule has 1 aliphatic carbocycles. The molecule has 2 N–H and O–H groups in total. The molecule has 1 heterocycles. The summed E-state index contributed by atoms with van der Waals surface area (Å²) < 4.78 is 11.8. The molecule has 0 fully saturated rings. The van der Waals surface area contributed by atoms with Gasteiger partial charge in [-0.2, -0.15) is 0 Å². The molecular weight excluding hydrogens is 500 g/mol. The highest BCUT2D eigenvalue weighted by molar-refractivity contribution is 9.10. The summed E-state index contributed by atoms with van der Waals surface area (Å²) in [7, 11) is 0. The van der Waals surface area contributed by atoms with Crippen LogP contribution in [0.15, 0.2) is 22.7 Å². The molecule has 1 aromatic heterocycles. The van der Waals surface area contributed by atoms with Crippen molar-refractivity contribution in [2.75, 3.05) is 18.5 Å². The zero-order valence-electron chi connectivity index (χ0n) is 17.7. The summed E-state index contributed by atoms with van der Waals surface area (Å²) in [5.41, 5.74) is 1.93. The van der Waals surface area contributed by atoms with Gasteiger partial charge >= 0.3 is 5.97 Å². The summed E-state index contributed by atoms with van der Waals surface area (Å²) in [5, 5.41) is 6.45. The van der Waals surface area contributed by atoms with Gasteiger partial charge in [0.1, 0.15) is 10.8 Å². The molecule has 0 spiro atoms. The second kappa shape index (κ2) is 10.6. The number of benzene rings is 1. The third-order valence-electron chi connectivity index (χ3n) is 4.61. The standard InChI is InChI=1S/C22H25BrN2O4S2/c1-4-28-21(27)18-14-6-5-7-17(14)31-20(18)25-22(30)24-19(26)15-10-13(23)8-9-16(15)29-11-12(2)3/h8-10,12H,4-7,11H2,1-3H3,(H2,24,25,26,30). The van der Waals surface area contributed by atoms with Crippen molar-refractivity contribution in [2.45, 2.75) is 40.0 Å². The smallest absolute Gasteiger partial charge is 0.341 e. The monoisotopic (exact) mass is 524 g/mol. The first-order valence-corrected chi connectivity index (χ1v) is 12.2. The van der Waals surface area contributed by atoms with Gasteiger partial charge < -0.3 is 14.8 Å². The molecule has 1 amide bonds. The molecule has 31 heavy (non-hydrogen) atoms. The minimum absolute atomic E-state index is 0.116. The predicted octanol–water partition coefficient (Wildman–Crippen LogP) is 5.34.